The Balaban J connectivity index is 2.02. The Hall–Kier alpha value is -3.07. The summed E-state index contributed by atoms with van der Waals surface area (Å²) in [4.78, 5) is 27.8. The number of aromatic nitrogens is 2. The van der Waals surface area contributed by atoms with Crippen molar-refractivity contribution >= 4 is 34.7 Å². The predicted octanol–water partition coefficient (Wildman–Crippen LogP) is 3.67. The van der Waals surface area contributed by atoms with Gasteiger partial charge in [-0.2, -0.15) is 13.2 Å². The highest BCUT2D eigenvalue weighted by molar-refractivity contribution is 6.33. The SMILES string of the molecule is Cc1nc2c(Cl)cc(C(F)(F)F)cn2c1C(=O)Nc1ccc(C(N)=O)cc1. The Morgan fingerprint density at radius 2 is 1.85 bits per heavy atom. The van der Waals surface area contributed by atoms with Crippen molar-refractivity contribution in [2.75, 3.05) is 5.32 Å². The number of rotatable bonds is 3. The quantitative estimate of drug-likeness (QED) is 0.708. The van der Waals surface area contributed by atoms with E-state index in [0.717, 1.165) is 16.7 Å². The lowest BCUT2D eigenvalue weighted by Crippen LogP contribution is -2.17. The first-order valence-corrected chi connectivity index (χ1v) is 7.92. The van der Waals surface area contributed by atoms with Gasteiger partial charge in [0.25, 0.3) is 5.91 Å². The molecule has 2 amide bonds. The van der Waals surface area contributed by atoms with Crippen LogP contribution < -0.4 is 11.1 Å². The number of halogens is 4. The van der Waals surface area contributed by atoms with Crippen LogP contribution in [-0.2, 0) is 6.18 Å². The molecule has 0 aliphatic heterocycles. The van der Waals surface area contributed by atoms with Crippen molar-refractivity contribution in [3.8, 4) is 0 Å². The normalized spacial score (nSPS) is 11.6. The zero-order chi connectivity index (χ0) is 19.9. The molecule has 6 nitrogen and oxygen atoms in total. The zero-order valence-corrected chi connectivity index (χ0v) is 14.5. The molecule has 3 rings (SSSR count). The lowest BCUT2D eigenvalue weighted by Gasteiger charge is -2.10. The van der Waals surface area contributed by atoms with Crippen LogP contribution in [0.2, 0.25) is 5.02 Å². The molecule has 0 saturated heterocycles. The molecule has 10 heteroatoms. The molecule has 0 saturated carbocycles. The van der Waals surface area contributed by atoms with E-state index in [1.807, 2.05) is 0 Å². The maximum Gasteiger partial charge on any atom is 0.417 e. The zero-order valence-electron chi connectivity index (χ0n) is 13.8. The topological polar surface area (TPSA) is 89.5 Å². The van der Waals surface area contributed by atoms with Gasteiger partial charge in [0.05, 0.1) is 16.3 Å². The molecule has 2 aromatic heterocycles. The summed E-state index contributed by atoms with van der Waals surface area (Å²) >= 11 is 5.91. The number of fused-ring (bicyclic) bond motifs is 1. The Morgan fingerprint density at radius 1 is 1.22 bits per heavy atom. The third-order valence-electron chi connectivity index (χ3n) is 3.82. The third-order valence-corrected chi connectivity index (χ3v) is 4.10. The molecular weight excluding hydrogens is 385 g/mol. The summed E-state index contributed by atoms with van der Waals surface area (Å²) in [6, 6.07) is 6.48. The van der Waals surface area contributed by atoms with E-state index in [1.165, 1.54) is 31.2 Å². The summed E-state index contributed by atoms with van der Waals surface area (Å²) in [5.74, 6) is -1.30. The van der Waals surface area contributed by atoms with Crippen molar-refractivity contribution in [2.45, 2.75) is 13.1 Å². The van der Waals surface area contributed by atoms with E-state index in [4.69, 9.17) is 17.3 Å². The molecule has 0 fully saturated rings. The van der Waals surface area contributed by atoms with E-state index in [2.05, 4.69) is 10.3 Å². The van der Waals surface area contributed by atoms with Crippen LogP contribution in [-0.4, -0.2) is 21.2 Å². The molecule has 0 radical (unpaired) electrons. The number of nitrogens with one attached hydrogen (secondary N) is 1. The van der Waals surface area contributed by atoms with Crippen molar-refractivity contribution in [1.82, 2.24) is 9.38 Å². The minimum absolute atomic E-state index is 0.0383. The molecular formula is C17H12ClF3N4O2. The average molecular weight is 397 g/mol. The summed E-state index contributed by atoms with van der Waals surface area (Å²) in [5, 5.41) is 2.32. The Kier molecular flexibility index (Phi) is 4.56. The van der Waals surface area contributed by atoms with Crippen molar-refractivity contribution in [3.63, 3.8) is 0 Å². The molecule has 0 atom stereocenters. The van der Waals surface area contributed by atoms with Crippen LogP contribution in [0, 0.1) is 6.92 Å². The second kappa shape index (κ2) is 6.58. The fraction of sp³-hybridized carbons (Fsp3) is 0.118. The Morgan fingerprint density at radius 3 is 2.41 bits per heavy atom. The second-order valence-corrected chi connectivity index (χ2v) is 6.12. The van der Waals surface area contributed by atoms with Gasteiger partial charge in [-0.1, -0.05) is 11.6 Å². The first-order chi connectivity index (χ1) is 12.6. The summed E-state index contributed by atoms with van der Waals surface area (Å²) in [7, 11) is 0. The van der Waals surface area contributed by atoms with Gasteiger partial charge in [-0.25, -0.2) is 4.98 Å². The average Bonchev–Trinajstić information content (AvgIpc) is 2.91. The van der Waals surface area contributed by atoms with E-state index in [9.17, 15) is 22.8 Å². The smallest absolute Gasteiger partial charge is 0.366 e. The fourth-order valence-electron chi connectivity index (χ4n) is 2.55. The molecule has 3 N–H and O–H groups in total. The van der Waals surface area contributed by atoms with E-state index < -0.39 is 23.6 Å². The first kappa shape index (κ1) is 18.7. The van der Waals surface area contributed by atoms with Crippen molar-refractivity contribution in [3.05, 3.63) is 64.1 Å². The van der Waals surface area contributed by atoms with Gasteiger partial charge in [0.2, 0.25) is 5.91 Å². The van der Waals surface area contributed by atoms with Gasteiger partial charge in [-0.15, -0.1) is 0 Å². The number of benzene rings is 1. The highest BCUT2D eigenvalue weighted by Crippen LogP contribution is 2.33. The van der Waals surface area contributed by atoms with Gasteiger partial charge in [-0.05, 0) is 37.3 Å². The van der Waals surface area contributed by atoms with Crippen molar-refractivity contribution in [2.24, 2.45) is 5.73 Å². The maximum atomic E-state index is 13.1. The van der Waals surface area contributed by atoms with Crippen LogP contribution in [0.4, 0.5) is 18.9 Å². The van der Waals surface area contributed by atoms with Gasteiger partial charge in [0, 0.05) is 17.4 Å². The van der Waals surface area contributed by atoms with E-state index in [-0.39, 0.29) is 27.6 Å². The highest BCUT2D eigenvalue weighted by atomic mass is 35.5. The number of alkyl halides is 3. The van der Waals surface area contributed by atoms with E-state index in [0.29, 0.717) is 5.69 Å². The van der Waals surface area contributed by atoms with Crippen LogP contribution in [0.3, 0.4) is 0 Å². The number of primary amides is 1. The summed E-state index contributed by atoms with van der Waals surface area (Å²) < 4.78 is 40.2. The molecule has 0 bridgehead atoms. The fourth-order valence-corrected chi connectivity index (χ4v) is 2.81. The highest BCUT2D eigenvalue weighted by Gasteiger charge is 2.33. The second-order valence-electron chi connectivity index (χ2n) is 5.71. The molecule has 27 heavy (non-hydrogen) atoms. The van der Waals surface area contributed by atoms with Gasteiger partial charge in [0.1, 0.15) is 5.69 Å². The first-order valence-electron chi connectivity index (χ1n) is 7.54. The number of hydrogen-bond acceptors (Lipinski definition) is 3. The number of nitrogens with zero attached hydrogens (tertiary/aromatic N) is 2. The molecule has 0 aliphatic carbocycles. The number of hydrogen-bond donors (Lipinski definition) is 2. The molecule has 1 aromatic carbocycles. The largest absolute Gasteiger partial charge is 0.417 e. The van der Waals surface area contributed by atoms with Gasteiger partial charge in [0.15, 0.2) is 5.65 Å². The van der Waals surface area contributed by atoms with Crippen molar-refractivity contribution < 1.29 is 22.8 Å². The van der Waals surface area contributed by atoms with Gasteiger partial charge >= 0.3 is 6.18 Å². The summed E-state index contributed by atoms with van der Waals surface area (Å²) in [5.41, 5.74) is 4.89. The number of anilines is 1. The van der Waals surface area contributed by atoms with Crippen LogP contribution in [0.25, 0.3) is 5.65 Å². The van der Waals surface area contributed by atoms with Crippen LogP contribution in [0.15, 0.2) is 36.5 Å². The molecule has 140 valence electrons. The van der Waals surface area contributed by atoms with E-state index >= 15 is 0 Å². The Labute approximate surface area is 155 Å². The van der Waals surface area contributed by atoms with Crippen molar-refractivity contribution in [1.29, 1.82) is 0 Å². The minimum atomic E-state index is -4.63. The van der Waals surface area contributed by atoms with Gasteiger partial charge < -0.3 is 11.1 Å². The molecule has 0 spiro atoms. The molecule has 2 heterocycles. The van der Waals surface area contributed by atoms with Crippen LogP contribution >= 0.6 is 11.6 Å². The van der Waals surface area contributed by atoms with Gasteiger partial charge in [-0.3, -0.25) is 14.0 Å². The summed E-state index contributed by atoms with van der Waals surface area (Å²) in [6.45, 7) is 1.49. The number of carbonyl (C=O) groups excluding carboxylic acids is 2. The lowest BCUT2D eigenvalue weighted by atomic mass is 10.2. The predicted molar refractivity (Wildman–Crippen MR) is 92.9 cm³/mol. The molecule has 0 aliphatic rings. The van der Waals surface area contributed by atoms with Crippen LogP contribution in [0.1, 0.15) is 32.1 Å². The number of nitrogens with two attached hydrogens (primary N) is 1. The number of amides is 2. The van der Waals surface area contributed by atoms with Crippen LogP contribution in [0.5, 0.6) is 0 Å². The lowest BCUT2D eigenvalue weighted by molar-refractivity contribution is -0.137. The Bertz CT molecular complexity index is 1060. The molecule has 0 unspecified atom stereocenters. The monoisotopic (exact) mass is 396 g/mol. The molecule has 3 aromatic rings. The number of aryl methyl sites for hydroxylation is 1. The summed E-state index contributed by atoms with van der Waals surface area (Å²) in [6.07, 6.45) is -3.86. The maximum absolute atomic E-state index is 13.1. The number of imidazole rings is 1. The number of carbonyl (C=O) groups is 2. The third kappa shape index (κ3) is 3.59. The van der Waals surface area contributed by atoms with E-state index in [1.54, 1.807) is 0 Å². The minimum Gasteiger partial charge on any atom is -0.366 e. The standard InChI is InChI=1S/C17H12ClF3N4O2/c1-8-13(16(27)24-11-4-2-9(3-5-11)14(22)26)25-7-10(17(19,20)21)6-12(18)15(25)23-8/h2-7H,1H3,(H2,22,26)(H,24,27). The number of pyridine rings is 1.